The molecule has 0 aliphatic heterocycles. The molecular weight excluding hydrogens is 199 g/mol. The summed E-state index contributed by atoms with van der Waals surface area (Å²) in [5.74, 6) is -0.538. The van der Waals surface area contributed by atoms with E-state index in [1.165, 1.54) is 5.48 Å². The van der Waals surface area contributed by atoms with Gasteiger partial charge in [0, 0.05) is 18.0 Å². The van der Waals surface area contributed by atoms with E-state index in [0.29, 0.717) is 6.20 Å². The van der Waals surface area contributed by atoms with E-state index in [9.17, 15) is 13.2 Å². The summed E-state index contributed by atoms with van der Waals surface area (Å²) in [6.45, 7) is 0. The minimum Gasteiger partial charge on any atom is -0.290 e. The van der Waals surface area contributed by atoms with Crippen molar-refractivity contribution in [3.05, 3.63) is 29.6 Å². The van der Waals surface area contributed by atoms with E-state index in [-0.39, 0.29) is 5.56 Å². The molecule has 76 valence electrons. The lowest BCUT2D eigenvalue weighted by atomic mass is 10.2. The van der Waals surface area contributed by atoms with Gasteiger partial charge >= 0.3 is 6.18 Å². The van der Waals surface area contributed by atoms with Crippen molar-refractivity contribution in [2.75, 3.05) is 0 Å². The number of aromatic nitrogens is 1. The highest BCUT2D eigenvalue weighted by Crippen LogP contribution is 2.28. The molecule has 0 aromatic carbocycles. The smallest absolute Gasteiger partial charge is 0.290 e. The predicted molar refractivity (Wildman–Crippen MR) is 41.0 cm³/mol. The highest BCUT2D eigenvalue weighted by molar-refractivity contribution is 5.95. The standard InChI is InChI=1S/C7H6F3N3O/c8-7(9,10)5-1-4(2-12-3-5)6(11)13-14/h1-3,14H,(H2,11,13). The van der Waals surface area contributed by atoms with Crippen LogP contribution in [0.5, 0.6) is 0 Å². The molecule has 0 unspecified atom stereocenters. The van der Waals surface area contributed by atoms with E-state index in [1.54, 1.807) is 0 Å². The third kappa shape index (κ3) is 2.19. The van der Waals surface area contributed by atoms with Gasteiger partial charge in [0.15, 0.2) is 5.84 Å². The van der Waals surface area contributed by atoms with Crippen molar-refractivity contribution in [1.29, 1.82) is 5.41 Å². The van der Waals surface area contributed by atoms with Crippen LogP contribution in [0.1, 0.15) is 11.1 Å². The van der Waals surface area contributed by atoms with Crippen molar-refractivity contribution in [2.24, 2.45) is 0 Å². The van der Waals surface area contributed by atoms with E-state index in [0.717, 1.165) is 12.3 Å². The third-order valence-electron chi connectivity index (χ3n) is 1.47. The SMILES string of the molecule is N=C(NO)c1cncc(C(F)(F)F)c1. The highest BCUT2D eigenvalue weighted by atomic mass is 19.4. The molecule has 0 bridgehead atoms. The second-order valence-corrected chi connectivity index (χ2v) is 2.45. The Morgan fingerprint density at radius 3 is 2.57 bits per heavy atom. The zero-order valence-corrected chi connectivity index (χ0v) is 6.76. The number of rotatable bonds is 1. The minimum absolute atomic E-state index is 0.137. The normalized spacial score (nSPS) is 11.1. The van der Waals surface area contributed by atoms with Gasteiger partial charge in [-0.2, -0.15) is 13.2 Å². The van der Waals surface area contributed by atoms with E-state index >= 15 is 0 Å². The number of halogens is 3. The Morgan fingerprint density at radius 2 is 2.07 bits per heavy atom. The van der Waals surface area contributed by atoms with E-state index in [2.05, 4.69) is 4.98 Å². The van der Waals surface area contributed by atoms with Gasteiger partial charge in [-0.25, -0.2) is 0 Å². The van der Waals surface area contributed by atoms with Crippen LogP contribution < -0.4 is 5.48 Å². The topological polar surface area (TPSA) is 69.0 Å². The van der Waals surface area contributed by atoms with Crippen LogP contribution in [0.2, 0.25) is 0 Å². The van der Waals surface area contributed by atoms with Gasteiger partial charge < -0.3 is 0 Å². The van der Waals surface area contributed by atoms with Crippen molar-refractivity contribution in [2.45, 2.75) is 6.18 Å². The number of alkyl halides is 3. The van der Waals surface area contributed by atoms with E-state index < -0.39 is 17.6 Å². The molecule has 1 heterocycles. The predicted octanol–water partition coefficient (Wildman–Crippen LogP) is 1.40. The Balaban J connectivity index is 3.08. The molecule has 0 amide bonds. The first-order chi connectivity index (χ1) is 6.45. The van der Waals surface area contributed by atoms with Crippen molar-refractivity contribution in [3.8, 4) is 0 Å². The number of hydrogen-bond acceptors (Lipinski definition) is 3. The molecule has 0 aliphatic rings. The van der Waals surface area contributed by atoms with Crippen molar-refractivity contribution < 1.29 is 18.4 Å². The van der Waals surface area contributed by atoms with Gasteiger partial charge in [0.2, 0.25) is 0 Å². The van der Waals surface area contributed by atoms with Gasteiger partial charge in [0.1, 0.15) is 0 Å². The van der Waals surface area contributed by atoms with Crippen LogP contribution >= 0.6 is 0 Å². The molecule has 14 heavy (non-hydrogen) atoms. The van der Waals surface area contributed by atoms with Gasteiger partial charge in [0.25, 0.3) is 0 Å². The zero-order chi connectivity index (χ0) is 10.8. The molecule has 1 aromatic rings. The summed E-state index contributed by atoms with van der Waals surface area (Å²) in [5.41, 5.74) is 0.336. The lowest BCUT2D eigenvalue weighted by molar-refractivity contribution is -0.137. The zero-order valence-electron chi connectivity index (χ0n) is 6.76. The quantitative estimate of drug-likeness (QED) is 0.368. The lowest BCUT2D eigenvalue weighted by Crippen LogP contribution is -2.19. The number of nitrogens with one attached hydrogen (secondary N) is 2. The molecule has 0 atom stereocenters. The first-order valence-corrected chi connectivity index (χ1v) is 3.46. The van der Waals surface area contributed by atoms with Gasteiger partial charge in [-0.05, 0) is 6.07 Å². The third-order valence-corrected chi connectivity index (χ3v) is 1.47. The lowest BCUT2D eigenvalue weighted by Gasteiger charge is -2.07. The number of hydroxylamine groups is 1. The molecule has 0 radical (unpaired) electrons. The maximum atomic E-state index is 12.1. The number of nitrogens with zero attached hydrogens (tertiary/aromatic N) is 1. The number of hydrogen-bond donors (Lipinski definition) is 3. The molecule has 3 N–H and O–H groups in total. The molecule has 0 fully saturated rings. The maximum absolute atomic E-state index is 12.1. The van der Waals surface area contributed by atoms with Crippen molar-refractivity contribution in [1.82, 2.24) is 10.5 Å². The molecule has 0 spiro atoms. The molecule has 1 rings (SSSR count). The van der Waals surface area contributed by atoms with Crippen molar-refractivity contribution >= 4 is 5.84 Å². The van der Waals surface area contributed by atoms with Gasteiger partial charge in [-0.3, -0.25) is 21.1 Å². The van der Waals surface area contributed by atoms with Crippen LogP contribution in [-0.2, 0) is 6.18 Å². The summed E-state index contributed by atoms with van der Waals surface area (Å²) in [5, 5.41) is 15.3. The van der Waals surface area contributed by atoms with Crippen LogP contribution in [-0.4, -0.2) is 16.0 Å². The summed E-state index contributed by atoms with van der Waals surface area (Å²) in [4.78, 5) is 3.31. The Morgan fingerprint density at radius 1 is 1.43 bits per heavy atom. The van der Waals surface area contributed by atoms with Crippen LogP contribution in [0, 0.1) is 5.41 Å². The van der Waals surface area contributed by atoms with Crippen LogP contribution in [0.4, 0.5) is 13.2 Å². The molecule has 0 saturated carbocycles. The minimum atomic E-state index is -4.50. The largest absolute Gasteiger partial charge is 0.417 e. The average molecular weight is 205 g/mol. The summed E-state index contributed by atoms with van der Waals surface area (Å²) >= 11 is 0. The van der Waals surface area contributed by atoms with Gasteiger partial charge in [-0.15, -0.1) is 0 Å². The number of amidine groups is 1. The Bertz CT molecular complexity index is 350. The molecule has 1 aromatic heterocycles. The Kier molecular flexibility index (Phi) is 2.70. The monoisotopic (exact) mass is 205 g/mol. The first-order valence-electron chi connectivity index (χ1n) is 3.46. The van der Waals surface area contributed by atoms with Crippen LogP contribution in [0.15, 0.2) is 18.5 Å². The maximum Gasteiger partial charge on any atom is 0.417 e. The van der Waals surface area contributed by atoms with Crippen LogP contribution in [0.3, 0.4) is 0 Å². The Hall–Kier alpha value is -1.63. The molecule has 4 nitrogen and oxygen atoms in total. The summed E-state index contributed by atoms with van der Waals surface area (Å²) < 4.78 is 36.4. The number of pyridine rings is 1. The Labute approximate surface area is 76.9 Å². The van der Waals surface area contributed by atoms with E-state index in [4.69, 9.17) is 10.6 Å². The van der Waals surface area contributed by atoms with Crippen LogP contribution in [0.25, 0.3) is 0 Å². The fraction of sp³-hybridized carbons (Fsp3) is 0.143. The van der Waals surface area contributed by atoms with E-state index in [1.807, 2.05) is 0 Å². The second-order valence-electron chi connectivity index (χ2n) is 2.45. The fourth-order valence-electron chi connectivity index (χ4n) is 0.796. The molecular formula is C7H6F3N3O. The molecule has 0 saturated heterocycles. The first kappa shape index (κ1) is 10.5. The molecule has 7 heteroatoms. The van der Waals surface area contributed by atoms with Gasteiger partial charge in [0.05, 0.1) is 5.56 Å². The summed E-state index contributed by atoms with van der Waals surface area (Å²) in [7, 11) is 0. The average Bonchev–Trinajstić information content (AvgIpc) is 2.15. The second kappa shape index (κ2) is 3.62. The highest BCUT2D eigenvalue weighted by Gasteiger charge is 2.31. The summed E-state index contributed by atoms with van der Waals surface area (Å²) in [6, 6.07) is 0.721. The fourth-order valence-corrected chi connectivity index (χ4v) is 0.796. The molecule has 0 aliphatic carbocycles. The van der Waals surface area contributed by atoms with Crippen molar-refractivity contribution in [3.63, 3.8) is 0 Å². The summed E-state index contributed by atoms with van der Waals surface area (Å²) in [6.07, 6.45) is -2.81. The van der Waals surface area contributed by atoms with Gasteiger partial charge in [-0.1, -0.05) is 0 Å².